The van der Waals surface area contributed by atoms with Gasteiger partial charge in [0.1, 0.15) is 6.10 Å². The van der Waals surface area contributed by atoms with Gasteiger partial charge in [0.15, 0.2) is 0 Å². The second-order valence-corrected chi connectivity index (χ2v) is 8.68. The molecule has 0 radical (unpaired) electrons. The van der Waals surface area contributed by atoms with E-state index in [-0.39, 0.29) is 13.2 Å². The van der Waals surface area contributed by atoms with Crippen molar-refractivity contribution >= 4 is 0 Å². The molecule has 3 nitrogen and oxygen atoms in total. The van der Waals surface area contributed by atoms with Gasteiger partial charge in [-0.25, -0.2) is 0 Å². The lowest BCUT2D eigenvalue weighted by atomic mass is 9.86. The van der Waals surface area contributed by atoms with Crippen molar-refractivity contribution in [2.24, 2.45) is 5.41 Å². The minimum absolute atomic E-state index is 0.119. The van der Waals surface area contributed by atoms with Crippen molar-refractivity contribution in [3.63, 3.8) is 0 Å². The summed E-state index contributed by atoms with van der Waals surface area (Å²) >= 11 is 0. The summed E-state index contributed by atoms with van der Waals surface area (Å²) in [5.41, 5.74) is 0.322. The molecule has 0 saturated carbocycles. The molecule has 0 rings (SSSR count). The molecule has 0 heterocycles. The van der Waals surface area contributed by atoms with E-state index in [9.17, 15) is 0 Å². The molecule has 0 amide bonds. The Kier molecular flexibility index (Phi) is 20.3. The molecule has 0 aromatic carbocycles. The Morgan fingerprint density at radius 1 is 0.733 bits per heavy atom. The number of allylic oxidation sites excluding steroid dienone is 8. The van der Waals surface area contributed by atoms with E-state index in [1.54, 1.807) is 0 Å². The minimum Gasteiger partial charge on any atom is -0.394 e. The largest absolute Gasteiger partial charge is 0.394 e. The van der Waals surface area contributed by atoms with Crippen molar-refractivity contribution in [1.82, 2.24) is 0 Å². The van der Waals surface area contributed by atoms with Crippen LogP contribution in [0.3, 0.4) is 0 Å². The third kappa shape index (κ3) is 20.1. The van der Waals surface area contributed by atoms with Gasteiger partial charge in [0.05, 0.1) is 13.2 Å². The van der Waals surface area contributed by atoms with Crippen molar-refractivity contribution in [3.05, 3.63) is 48.6 Å². The summed E-state index contributed by atoms with van der Waals surface area (Å²) in [6.45, 7) is 7.30. The van der Waals surface area contributed by atoms with E-state index in [1.807, 2.05) is 0 Å². The molecule has 0 bridgehead atoms. The highest BCUT2D eigenvalue weighted by Gasteiger charge is 2.12. The quantitative estimate of drug-likeness (QED) is 0.166. The van der Waals surface area contributed by atoms with Crippen molar-refractivity contribution in [2.45, 2.75) is 97.5 Å². The molecule has 0 saturated heterocycles. The van der Waals surface area contributed by atoms with Crippen LogP contribution < -0.4 is 0 Å². The number of aliphatic hydroxyl groups excluding tert-OH is 2. The highest BCUT2D eigenvalue weighted by molar-refractivity contribution is 5.01. The number of rotatable bonds is 20. The standard InChI is InChI=1S/C27H48O3/c1-4-5-6-18-21-27(2,3)22-19-16-14-12-10-8-7-9-11-13-15-17-20-23-30-26(24-28)25-29/h7-8,11-14,19,22,26,28-29H,4-6,9-10,15-18,20-21,23-25H2,1-3H3/b8-7-,13-11-,14-12-,22-19-. The fourth-order valence-electron chi connectivity index (χ4n) is 3.09. The molecule has 0 atom stereocenters. The van der Waals surface area contributed by atoms with Crippen LogP contribution in [0.15, 0.2) is 48.6 Å². The van der Waals surface area contributed by atoms with Crippen molar-refractivity contribution in [1.29, 1.82) is 0 Å². The molecule has 0 aliphatic rings. The predicted octanol–water partition coefficient (Wildman–Crippen LogP) is 6.92. The third-order valence-corrected chi connectivity index (χ3v) is 5.09. The Bertz CT molecular complexity index is 470. The Morgan fingerprint density at radius 2 is 1.33 bits per heavy atom. The fourth-order valence-corrected chi connectivity index (χ4v) is 3.09. The first kappa shape index (κ1) is 28.8. The summed E-state index contributed by atoms with van der Waals surface area (Å²) in [6, 6.07) is 0. The number of hydrogen-bond donors (Lipinski definition) is 2. The number of unbranched alkanes of at least 4 members (excludes halogenated alkanes) is 5. The second-order valence-electron chi connectivity index (χ2n) is 8.68. The predicted molar refractivity (Wildman–Crippen MR) is 131 cm³/mol. The van der Waals surface area contributed by atoms with E-state index in [0.29, 0.717) is 12.0 Å². The first-order valence-corrected chi connectivity index (χ1v) is 12.0. The van der Waals surface area contributed by atoms with Gasteiger partial charge in [-0.3, -0.25) is 0 Å². The molecular formula is C27H48O3. The number of aliphatic hydroxyl groups is 2. The SMILES string of the molecule is CCCCCCC(C)(C)/C=C\C/C=C\C/C=C\C/C=C\CCCCOC(CO)CO. The average molecular weight is 421 g/mol. The molecule has 0 aliphatic heterocycles. The summed E-state index contributed by atoms with van der Waals surface area (Å²) in [5, 5.41) is 17.8. The van der Waals surface area contributed by atoms with Gasteiger partial charge in [-0.1, -0.05) is 95.1 Å². The number of hydrogen-bond acceptors (Lipinski definition) is 3. The maximum absolute atomic E-state index is 8.90. The van der Waals surface area contributed by atoms with Crippen LogP contribution in [0.4, 0.5) is 0 Å². The maximum Gasteiger partial charge on any atom is 0.104 e. The highest BCUT2D eigenvalue weighted by Crippen LogP contribution is 2.25. The topological polar surface area (TPSA) is 49.7 Å². The van der Waals surface area contributed by atoms with Gasteiger partial charge in [0.2, 0.25) is 0 Å². The van der Waals surface area contributed by atoms with Crippen molar-refractivity contribution in [2.75, 3.05) is 19.8 Å². The lowest BCUT2D eigenvalue weighted by Crippen LogP contribution is -2.22. The smallest absolute Gasteiger partial charge is 0.104 e. The zero-order valence-electron chi connectivity index (χ0n) is 19.9. The summed E-state index contributed by atoms with van der Waals surface area (Å²) in [4.78, 5) is 0. The van der Waals surface area contributed by atoms with Crippen LogP contribution in [0, 0.1) is 5.41 Å². The summed E-state index contributed by atoms with van der Waals surface area (Å²) < 4.78 is 5.34. The molecule has 0 aliphatic carbocycles. The minimum atomic E-state index is -0.428. The lowest BCUT2D eigenvalue weighted by Gasteiger charge is -2.19. The Labute approximate surface area is 186 Å². The molecule has 0 aromatic heterocycles. The van der Waals surface area contributed by atoms with Crippen LogP contribution in [0.5, 0.6) is 0 Å². The maximum atomic E-state index is 8.90. The first-order chi connectivity index (χ1) is 14.6. The monoisotopic (exact) mass is 420 g/mol. The van der Waals surface area contributed by atoms with Crippen LogP contribution in [-0.2, 0) is 4.74 Å². The molecular weight excluding hydrogens is 372 g/mol. The molecule has 174 valence electrons. The van der Waals surface area contributed by atoms with E-state index < -0.39 is 6.10 Å². The van der Waals surface area contributed by atoms with E-state index in [0.717, 1.165) is 38.5 Å². The van der Waals surface area contributed by atoms with Crippen molar-refractivity contribution < 1.29 is 14.9 Å². The lowest BCUT2D eigenvalue weighted by molar-refractivity contribution is -0.0206. The van der Waals surface area contributed by atoms with Gasteiger partial charge in [0.25, 0.3) is 0 Å². The Balaban J connectivity index is 3.64. The normalized spacial score (nSPS) is 13.3. The molecule has 3 heteroatoms. The fraction of sp³-hybridized carbons (Fsp3) is 0.704. The molecule has 0 spiro atoms. The van der Waals surface area contributed by atoms with Crippen LogP contribution in [-0.4, -0.2) is 36.1 Å². The molecule has 30 heavy (non-hydrogen) atoms. The van der Waals surface area contributed by atoms with Gasteiger partial charge in [-0.15, -0.1) is 0 Å². The van der Waals surface area contributed by atoms with Gasteiger partial charge in [0, 0.05) is 6.61 Å². The second kappa shape index (κ2) is 21.1. The van der Waals surface area contributed by atoms with Crippen molar-refractivity contribution in [3.8, 4) is 0 Å². The van der Waals surface area contributed by atoms with Gasteiger partial charge in [-0.05, 0) is 50.4 Å². The molecule has 0 fully saturated rings. The third-order valence-electron chi connectivity index (χ3n) is 5.09. The zero-order valence-corrected chi connectivity index (χ0v) is 19.9. The van der Waals surface area contributed by atoms with Crippen LogP contribution in [0.2, 0.25) is 0 Å². The van der Waals surface area contributed by atoms with Crippen LogP contribution in [0.25, 0.3) is 0 Å². The van der Waals surface area contributed by atoms with E-state index in [1.165, 1.54) is 32.1 Å². The summed E-state index contributed by atoms with van der Waals surface area (Å²) in [5.74, 6) is 0. The number of ether oxygens (including phenoxy) is 1. The Morgan fingerprint density at radius 3 is 1.93 bits per heavy atom. The van der Waals surface area contributed by atoms with E-state index in [2.05, 4.69) is 69.4 Å². The molecule has 0 unspecified atom stereocenters. The van der Waals surface area contributed by atoms with Crippen LogP contribution >= 0.6 is 0 Å². The van der Waals surface area contributed by atoms with E-state index >= 15 is 0 Å². The first-order valence-electron chi connectivity index (χ1n) is 12.0. The highest BCUT2D eigenvalue weighted by atomic mass is 16.5. The van der Waals surface area contributed by atoms with Gasteiger partial charge < -0.3 is 14.9 Å². The average Bonchev–Trinajstić information content (AvgIpc) is 2.73. The summed E-state index contributed by atoms with van der Waals surface area (Å²) in [6.07, 6.45) is 30.3. The molecule has 2 N–H and O–H groups in total. The van der Waals surface area contributed by atoms with Gasteiger partial charge >= 0.3 is 0 Å². The zero-order chi connectivity index (χ0) is 22.3. The van der Waals surface area contributed by atoms with Gasteiger partial charge in [-0.2, -0.15) is 0 Å². The van der Waals surface area contributed by atoms with E-state index in [4.69, 9.17) is 14.9 Å². The summed E-state index contributed by atoms with van der Waals surface area (Å²) in [7, 11) is 0. The molecule has 0 aromatic rings. The Hall–Kier alpha value is -1.16. The van der Waals surface area contributed by atoms with Crippen LogP contribution in [0.1, 0.15) is 91.4 Å².